The number of nitrogens with one attached hydrogen (secondary N) is 1. The highest BCUT2D eigenvalue weighted by Gasteiger charge is 2.10. The largest absolute Gasteiger partial charge is 0.492 e. The first-order chi connectivity index (χ1) is 14.0. The van der Waals surface area contributed by atoms with Crippen LogP contribution in [0.4, 0.5) is 10.1 Å². The fourth-order valence-electron chi connectivity index (χ4n) is 2.69. The lowest BCUT2D eigenvalue weighted by atomic mass is 10.2. The third-order valence-electron chi connectivity index (χ3n) is 4.23. The Balaban J connectivity index is 1.41. The van der Waals surface area contributed by atoms with Crippen LogP contribution in [0.1, 0.15) is 16.3 Å². The minimum atomic E-state index is -0.277. The van der Waals surface area contributed by atoms with Crippen molar-refractivity contribution in [3.63, 3.8) is 0 Å². The lowest BCUT2D eigenvalue weighted by Crippen LogP contribution is -2.24. The number of aryl methyl sites for hydroxylation is 1. The molecule has 0 spiro atoms. The Morgan fingerprint density at radius 2 is 1.90 bits per heavy atom. The zero-order valence-corrected chi connectivity index (χ0v) is 17.3. The van der Waals surface area contributed by atoms with Gasteiger partial charge in [0.25, 0.3) is 0 Å². The van der Waals surface area contributed by atoms with Crippen LogP contribution in [-0.4, -0.2) is 36.0 Å². The maximum absolute atomic E-state index is 12.9. The highest BCUT2D eigenvalue weighted by Crippen LogP contribution is 2.15. The van der Waals surface area contributed by atoms with Crippen molar-refractivity contribution in [1.29, 1.82) is 0 Å². The number of halogens is 1. The Bertz CT molecular complexity index is 926. The van der Waals surface area contributed by atoms with Crippen LogP contribution < -0.4 is 10.1 Å². The Hall–Kier alpha value is -2.77. The molecule has 5 nitrogen and oxygen atoms in total. The van der Waals surface area contributed by atoms with Gasteiger partial charge in [0.05, 0.1) is 12.1 Å². The zero-order chi connectivity index (χ0) is 20.6. The summed E-state index contributed by atoms with van der Waals surface area (Å²) in [7, 11) is 1.98. The number of carbonyl (C=O) groups excluding carboxylic acids is 1. The molecule has 0 aliphatic carbocycles. The lowest BCUT2D eigenvalue weighted by Gasteiger charge is -2.15. The Labute approximate surface area is 174 Å². The third kappa shape index (κ3) is 6.96. The number of likely N-dealkylation sites (N-methyl/N-ethyl adjacent to an activating group) is 1. The fraction of sp³-hybridized carbons (Fsp3) is 0.273. The lowest BCUT2D eigenvalue weighted by molar-refractivity contribution is -0.115. The fourth-order valence-corrected chi connectivity index (χ4v) is 3.47. The second kappa shape index (κ2) is 10.1. The smallest absolute Gasteiger partial charge is 0.231 e. The Morgan fingerprint density at radius 1 is 1.17 bits per heavy atom. The van der Waals surface area contributed by atoms with Gasteiger partial charge in [0.1, 0.15) is 23.2 Å². The van der Waals surface area contributed by atoms with Crippen LogP contribution in [0.15, 0.2) is 53.9 Å². The van der Waals surface area contributed by atoms with E-state index in [0.717, 1.165) is 22.0 Å². The molecule has 3 rings (SSSR count). The van der Waals surface area contributed by atoms with Gasteiger partial charge in [0, 0.05) is 24.2 Å². The predicted molar refractivity (Wildman–Crippen MR) is 114 cm³/mol. The number of hydrogen-bond acceptors (Lipinski definition) is 5. The molecule has 0 fully saturated rings. The molecule has 29 heavy (non-hydrogen) atoms. The van der Waals surface area contributed by atoms with E-state index >= 15 is 0 Å². The SMILES string of the molecule is Cc1ccc(NC(=O)Cc2nc(CN(C)CCOc3ccc(F)cc3)cs2)cc1. The van der Waals surface area contributed by atoms with Crippen LogP contribution in [0.25, 0.3) is 0 Å². The van der Waals surface area contributed by atoms with E-state index in [1.807, 2.05) is 43.6 Å². The number of anilines is 1. The third-order valence-corrected chi connectivity index (χ3v) is 5.13. The van der Waals surface area contributed by atoms with Crippen LogP contribution in [0.5, 0.6) is 5.75 Å². The van der Waals surface area contributed by atoms with Crippen LogP contribution in [0, 0.1) is 12.7 Å². The van der Waals surface area contributed by atoms with Crippen molar-refractivity contribution in [3.8, 4) is 5.75 Å². The number of rotatable bonds is 9. The Kier molecular flexibility index (Phi) is 7.32. The summed E-state index contributed by atoms with van der Waals surface area (Å²) >= 11 is 1.49. The van der Waals surface area contributed by atoms with Gasteiger partial charge in [-0.05, 0) is 50.4 Å². The van der Waals surface area contributed by atoms with Gasteiger partial charge >= 0.3 is 0 Å². The summed E-state index contributed by atoms with van der Waals surface area (Å²) in [4.78, 5) is 18.8. The molecular formula is C22H24FN3O2S. The molecule has 0 saturated carbocycles. The van der Waals surface area contributed by atoms with Crippen molar-refractivity contribution in [1.82, 2.24) is 9.88 Å². The minimum absolute atomic E-state index is 0.0733. The minimum Gasteiger partial charge on any atom is -0.492 e. The van der Waals surface area contributed by atoms with Crippen LogP contribution >= 0.6 is 11.3 Å². The van der Waals surface area contributed by atoms with Gasteiger partial charge in [-0.2, -0.15) is 0 Å². The second-order valence-corrected chi connectivity index (χ2v) is 7.81. The highest BCUT2D eigenvalue weighted by atomic mass is 32.1. The summed E-state index contributed by atoms with van der Waals surface area (Å²) in [5, 5.41) is 5.66. The summed E-state index contributed by atoms with van der Waals surface area (Å²) in [6, 6.07) is 13.7. The summed E-state index contributed by atoms with van der Waals surface area (Å²) in [5.41, 5.74) is 2.87. The van der Waals surface area contributed by atoms with E-state index in [4.69, 9.17) is 4.74 Å². The van der Waals surface area contributed by atoms with Crippen LogP contribution in [0.3, 0.4) is 0 Å². The molecule has 0 atom stereocenters. The number of aromatic nitrogens is 1. The second-order valence-electron chi connectivity index (χ2n) is 6.86. The first-order valence-electron chi connectivity index (χ1n) is 9.34. The van der Waals surface area contributed by atoms with E-state index in [-0.39, 0.29) is 18.1 Å². The van der Waals surface area contributed by atoms with Crippen molar-refractivity contribution in [2.75, 3.05) is 25.5 Å². The average Bonchev–Trinajstić information content (AvgIpc) is 3.11. The quantitative estimate of drug-likeness (QED) is 0.569. The summed E-state index contributed by atoms with van der Waals surface area (Å²) in [6.45, 7) is 3.88. The van der Waals surface area contributed by atoms with E-state index in [0.29, 0.717) is 25.4 Å². The molecule has 0 bridgehead atoms. The van der Waals surface area contributed by atoms with E-state index in [1.165, 1.54) is 23.5 Å². The maximum Gasteiger partial charge on any atom is 0.231 e. The molecule has 1 N–H and O–H groups in total. The van der Waals surface area contributed by atoms with Crippen molar-refractivity contribution in [2.24, 2.45) is 0 Å². The number of ether oxygens (including phenoxy) is 1. The standard InChI is InChI=1S/C22H24FN3O2S/c1-16-3-7-18(8-4-16)24-21(27)13-22-25-19(15-29-22)14-26(2)11-12-28-20-9-5-17(23)6-10-20/h3-10,15H,11-14H2,1-2H3,(H,24,27). The number of nitrogens with zero attached hydrogens (tertiary/aromatic N) is 2. The molecule has 1 aromatic heterocycles. The summed E-state index contributed by atoms with van der Waals surface area (Å²) in [6.07, 6.45) is 0.260. The summed E-state index contributed by atoms with van der Waals surface area (Å²) < 4.78 is 18.5. The van der Waals surface area contributed by atoms with Gasteiger partial charge in [0.15, 0.2) is 0 Å². The molecule has 152 valence electrons. The zero-order valence-electron chi connectivity index (χ0n) is 16.5. The number of thiazole rings is 1. The van der Waals surface area contributed by atoms with Crippen LogP contribution in [0.2, 0.25) is 0 Å². The van der Waals surface area contributed by atoms with Gasteiger partial charge in [-0.25, -0.2) is 9.37 Å². The molecule has 1 heterocycles. The number of carbonyl (C=O) groups is 1. The average molecular weight is 414 g/mol. The van der Waals surface area contributed by atoms with E-state index in [9.17, 15) is 9.18 Å². The number of amides is 1. The molecular weight excluding hydrogens is 389 g/mol. The van der Waals surface area contributed by atoms with Crippen molar-refractivity contribution < 1.29 is 13.9 Å². The first kappa shape index (κ1) is 21.0. The van der Waals surface area contributed by atoms with Gasteiger partial charge in [-0.1, -0.05) is 17.7 Å². The van der Waals surface area contributed by atoms with E-state index < -0.39 is 0 Å². The molecule has 0 unspecified atom stereocenters. The van der Waals surface area contributed by atoms with E-state index in [1.54, 1.807) is 12.1 Å². The van der Waals surface area contributed by atoms with Gasteiger partial charge in [-0.15, -0.1) is 11.3 Å². The van der Waals surface area contributed by atoms with Gasteiger partial charge in [0.2, 0.25) is 5.91 Å². The monoisotopic (exact) mass is 413 g/mol. The van der Waals surface area contributed by atoms with Gasteiger partial charge in [-0.3, -0.25) is 9.69 Å². The molecule has 7 heteroatoms. The van der Waals surface area contributed by atoms with Crippen molar-refractivity contribution in [2.45, 2.75) is 19.9 Å². The molecule has 1 amide bonds. The van der Waals surface area contributed by atoms with Crippen LogP contribution in [-0.2, 0) is 17.8 Å². The molecule has 0 radical (unpaired) electrons. The van der Waals surface area contributed by atoms with Crippen molar-refractivity contribution in [3.05, 3.63) is 76.0 Å². The summed E-state index contributed by atoms with van der Waals surface area (Å²) in [5.74, 6) is 0.299. The first-order valence-corrected chi connectivity index (χ1v) is 10.2. The van der Waals surface area contributed by atoms with E-state index in [2.05, 4.69) is 15.2 Å². The van der Waals surface area contributed by atoms with Crippen molar-refractivity contribution >= 4 is 22.9 Å². The normalized spacial score (nSPS) is 10.9. The molecule has 0 saturated heterocycles. The topological polar surface area (TPSA) is 54.5 Å². The predicted octanol–water partition coefficient (Wildman–Crippen LogP) is 4.28. The maximum atomic E-state index is 12.9. The molecule has 0 aliphatic heterocycles. The molecule has 0 aliphatic rings. The number of benzene rings is 2. The molecule has 3 aromatic rings. The molecule has 2 aromatic carbocycles. The highest BCUT2D eigenvalue weighted by molar-refractivity contribution is 7.09. The number of hydrogen-bond donors (Lipinski definition) is 1. The van der Waals surface area contributed by atoms with Gasteiger partial charge < -0.3 is 10.1 Å². The Morgan fingerprint density at radius 3 is 2.62 bits per heavy atom.